The van der Waals surface area contributed by atoms with Crippen molar-refractivity contribution >= 4 is 0 Å². The maximum absolute atomic E-state index is 5.81. The van der Waals surface area contributed by atoms with Crippen LogP contribution in [0.1, 0.15) is 27.2 Å². The molecule has 96 valence electrons. The van der Waals surface area contributed by atoms with Crippen LogP contribution < -0.4 is 15.2 Å². The Kier molecular flexibility index (Phi) is 5.84. The fraction of sp³-hybridized carbons (Fsp3) is 0.571. The largest absolute Gasteiger partial charge is 0.490 e. The van der Waals surface area contributed by atoms with Crippen molar-refractivity contribution in [3.05, 3.63) is 24.3 Å². The predicted octanol–water partition coefficient (Wildman–Crippen LogP) is 2.84. The highest BCUT2D eigenvalue weighted by Crippen LogP contribution is 2.26. The van der Waals surface area contributed by atoms with Crippen LogP contribution in [-0.2, 0) is 0 Å². The molecule has 0 aliphatic heterocycles. The zero-order valence-corrected chi connectivity index (χ0v) is 11.0. The van der Waals surface area contributed by atoms with Gasteiger partial charge >= 0.3 is 0 Å². The predicted molar refractivity (Wildman–Crippen MR) is 70.5 cm³/mol. The quantitative estimate of drug-likeness (QED) is 0.793. The van der Waals surface area contributed by atoms with E-state index in [4.69, 9.17) is 15.2 Å². The molecule has 3 heteroatoms. The van der Waals surface area contributed by atoms with E-state index in [1.807, 2.05) is 38.1 Å². The van der Waals surface area contributed by atoms with Crippen molar-refractivity contribution in [3.63, 3.8) is 0 Å². The first kappa shape index (κ1) is 13.8. The Bertz CT molecular complexity index is 326. The SMILES string of the molecule is CCOc1ccccc1OCCC(C)C(C)N. The third-order valence-electron chi connectivity index (χ3n) is 2.88. The van der Waals surface area contributed by atoms with Crippen molar-refractivity contribution in [2.45, 2.75) is 33.2 Å². The molecule has 17 heavy (non-hydrogen) atoms. The molecule has 1 aromatic rings. The van der Waals surface area contributed by atoms with Crippen LogP contribution in [0.25, 0.3) is 0 Å². The molecule has 2 atom stereocenters. The van der Waals surface area contributed by atoms with E-state index in [0.717, 1.165) is 17.9 Å². The summed E-state index contributed by atoms with van der Waals surface area (Å²) < 4.78 is 11.2. The summed E-state index contributed by atoms with van der Waals surface area (Å²) in [6.07, 6.45) is 0.956. The van der Waals surface area contributed by atoms with Gasteiger partial charge in [-0.05, 0) is 38.3 Å². The van der Waals surface area contributed by atoms with Crippen LogP contribution in [0.2, 0.25) is 0 Å². The first-order chi connectivity index (χ1) is 8.15. The van der Waals surface area contributed by atoms with Crippen LogP contribution in [0, 0.1) is 5.92 Å². The number of nitrogens with two attached hydrogens (primary N) is 1. The van der Waals surface area contributed by atoms with Gasteiger partial charge in [0.25, 0.3) is 0 Å². The number of para-hydroxylation sites is 2. The van der Waals surface area contributed by atoms with E-state index in [2.05, 4.69) is 6.92 Å². The van der Waals surface area contributed by atoms with Crippen molar-refractivity contribution in [3.8, 4) is 11.5 Å². The van der Waals surface area contributed by atoms with Gasteiger partial charge in [0, 0.05) is 6.04 Å². The molecule has 0 heterocycles. The van der Waals surface area contributed by atoms with E-state index >= 15 is 0 Å². The van der Waals surface area contributed by atoms with Crippen LogP contribution in [0.5, 0.6) is 11.5 Å². The molecule has 0 saturated heterocycles. The normalized spacial score (nSPS) is 14.1. The van der Waals surface area contributed by atoms with Gasteiger partial charge in [0.1, 0.15) is 0 Å². The fourth-order valence-corrected chi connectivity index (χ4v) is 1.46. The number of rotatable bonds is 7. The zero-order chi connectivity index (χ0) is 12.7. The molecular formula is C14H23NO2. The number of hydrogen-bond donors (Lipinski definition) is 1. The summed E-state index contributed by atoms with van der Waals surface area (Å²) >= 11 is 0. The molecule has 0 aliphatic carbocycles. The van der Waals surface area contributed by atoms with Crippen LogP contribution >= 0.6 is 0 Å². The minimum Gasteiger partial charge on any atom is -0.490 e. The summed E-state index contributed by atoms with van der Waals surface area (Å²) in [5.41, 5.74) is 5.81. The molecule has 0 radical (unpaired) electrons. The Labute approximate surface area is 104 Å². The molecule has 0 amide bonds. The van der Waals surface area contributed by atoms with Gasteiger partial charge in [0.05, 0.1) is 13.2 Å². The molecule has 0 bridgehead atoms. The van der Waals surface area contributed by atoms with Crippen LogP contribution in [0.4, 0.5) is 0 Å². The van der Waals surface area contributed by atoms with Crippen molar-refractivity contribution in [1.29, 1.82) is 0 Å². The second-order valence-electron chi connectivity index (χ2n) is 4.35. The van der Waals surface area contributed by atoms with Gasteiger partial charge in [0.15, 0.2) is 11.5 Å². The van der Waals surface area contributed by atoms with Gasteiger partial charge in [-0.2, -0.15) is 0 Å². The van der Waals surface area contributed by atoms with Crippen LogP contribution in [-0.4, -0.2) is 19.3 Å². The summed E-state index contributed by atoms with van der Waals surface area (Å²) in [4.78, 5) is 0. The van der Waals surface area contributed by atoms with Gasteiger partial charge in [-0.1, -0.05) is 19.1 Å². The first-order valence-corrected chi connectivity index (χ1v) is 6.25. The van der Waals surface area contributed by atoms with Crippen LogP contribution in [0.15, 0.2) is 24.3 Å². The van der Waals surface area contributed by atoms with Crippen LogP contribution in [0.3, 0.4) is 0 Å². The van der Waals surface area contributed by atoms with Crippen molar-refractivity contribution in [1.82, 2.24) is 0 Å². The maximum Gasteiger partial charge on any atom is 0.161 e. The minimum absolute atomic E-state index is 0.209. The number of benzene rings is 1. The smallest absolute Gasteiger partial charge is 0.161 e. The van der Waals surface area contributed by atoms with E-state index in [9.17, 15) is 0 Å². The highest BCUT2D eigenvalue weighted by Gasteiger charge is 2.08. The topological polar surface area (TPSA) is 44.5 Å². The van der Waals surface area contributed by atoms with Crippen molar-refractivity contribution in [2.75, 3.05) is 13.2 Å². The molecule has 3 nitrogen and oxygen atoms in total. The molecular weight excluding hydrogens is 214 g/mol. The molecule has 2 N–H and O–H groups in total. The molecule has 0 fully saturated rings. The van der Waals surface area contributed by atoms with E-state index < -0.39 is 0 Å². The van der Waals surface area contributed by atoms with Gasteiger partial charge < -0.3 is 15.2 Å². The molecule has 0 aliphatic rings. The third-order valence-corrected chi connectivity index (χ3v) is 2.88. The Morgan fingerprint density at radius 2 is 1.71 bits per heavy atom. The lowest BCUT2D eigenvalue weighted by Crippen LogP contribution is -2.25. The molecule has 1 rings (SSSR count). The lowest BCUT2D eigenvalue weighted by Gasteiger charge is -2.16. The fourth-order valence-electron chi connectivity index (χ4n) is 1.46. The zero-order valence-electron chi connectivity index (χ0n) is 11.0. The second kappa shape index (κ2) is 7.17. The Morgan fingerprint density at radius 3 is 2.24 bits per heavy atom. The van der Waals surface area contributed by atoms with Gasteiger partial charge in [0.2, 0.25) is 0 Å². The minimum atomic E-state index is 0.209. The summed E-state index contributed by atoms with van der Waals surface area (Å²) in [6.45, 7) is 7.46. The van der Waals surface area contributed by atoms with Crippen molar-refractivity contribution in [2.24, 2.45) is 11.7 Å². The summed E-state index contributed by atoms with van der Waals surface area (Å²) in [5.74, 6) is 2.09. The van der Waals surface area contributed by atoms with E-state index in [0.29, 0.717) is 19.1 Å². The molecule has 1 aromatic carbocycles. The first-order valence-electron chi connectivity index (χ1n) is 6.25. The maximum atomic E-state index is 5.81. The Balaban J connectivity index is 2.45. The second-order valence-corrected chi connectivity index (χ2v) is 4.35. The molecule has 0 aromatic heterocycles. The Hall–Kier alpha value is -1.22. The van der Waals surface area contributed by atoms with Gasteiger partial charge in [-0.3, -0.25) is 0 Å². The summed E-state index contributed by atoms with van der Waals surface area (Å²) in [5, 5.41) is 0. The highest BCUT2D eigenvalue weighted by atomic mass is 16.5. The molecule has 2 unspecified atom stereocenters. The average molecular weight is 237 g/mol. The molecule has 0 saturated carbocycles. The third kappa shape index (κ3) is 4.65. The average Bonchev–Trinajstić information content (AvgIpc) is 2.31. The van der Waals surface area contributed by atoms with Crippen molar-refractivity contribution < 1.29 is 9.47 Å². The van der Waals surface area contributed by atoms with E-state index in [-0.39, 0.29) is 6.04 Å². The summed E-state index contributed by atoms with van der Waals surface area (Å²) in [7, 11) is 0. The van der Waals surface area contributed by atoms with Gasteiger partial charge in [-0.25, -0.2) is 0 Å². The van der Waals surface area contributed by atoms with Gasteiger partial charge in [-0.15, -0.1) is 0 Å². The van der Waals surface area contributed by atoms with E-state index in [1.54, 1.807) is 0 Å². The Morgan fingerprint density at radius 1 is 1.12 bits per heavy atom. The highest BCUT2D eigenvalue weighted by molar-refractivity contribution is 5.39. The lowest BCUT2D eigenvalue weighted by atomic mass is 10.0. The monoisotopic (exact) mass is 237 g/mol. The molecule has 0 spiro atoms. The number of hydrogen-bond acceptors (Lipinski definition) is 3. The summed E-state index contributed by atoms with van der Waals surface area (Å²) in [6, 6.07) is 7.96. The van der Waals surface area contributed by atoms with E-state index in [1.165, 1.54) is 0 Å². The number of ether oxygens (including phenoxy) is 2. The standard InChI is InChI=1S/C14H23NO2/c1-4-16-13-7-5-6-8-14(13)17-10-9-11(2)12(3)15/h5-8,11-12H,4,9-10,15H2,1-3H3. The lowest BCUT2D eigenvalue weighted by molar-refractivity contribution is 0.251.